The van der Waals surface area contributed by atoms with E-state index in [-0.39, 0.29) is 5.97 Å². The van der Waals surface area contributed by atoms with E-state index >= 15 is 0 Å². The molecule has 0 bridgehead atoms. The van der Waals surface area contributed by atoms with Crippen LogP contribution in [0, 0.1) is 6.92 Å². The lowest BCUT2D eigenvalue weighted by molar-refractivity contribution is 0.0599. The predicted molar refractivity (Wildman–Crippen MR) is 79.0 cm³/mol. The molecule has 0 aliphatic rings. The Morgan fingerprint density at radius 3 is 2.75 bits per heavy atom. The number of hydrogen-bond donors (Lipinski definition) is 1. The first-order valence-corrected chi connectivity index (χ1v) is 7.41. The number of carbonyl (C=O) groups is 1. The third-order valence-corrected chi connectivity index (χ3v) is 4.27. The van der Waals surface area contributed by atoms with Gasteiger partial charge in [0.2, 0.25) is 0 Å². The Morgan fingerprint density at radius 2 is 2.10 bits per heavy atom. The molecule has 0 aliphatic carbocycles. The highest BCUT2D eigenvalue weighted by molar-refractivity contribution is 7.11. The normalized spacial score (nSPS) is 10.8. The monoisotopic (exact) mass is 293 g/mol. The van der Waals surface area contributed by atoms with E-state index in [1.807, 2.05) is 11.3 Å². The van der Waals surface area contributed by atoms with Gasteiger partial charge in [-0.1, -0.05) is 6.92 Å². The Hall–Kier alpha value is -1.59. The highest BCUT2D eigenvalue weighted by atomic mass is 32.1. The number of aryl methyl sites for hydroxylation is 2. The van der Waals surface area contributed by atoms with Crippen molar-refractivity contribution in [2.24, 2.45) is 0 Å². The van der Waals surface area contributed by atoms with Crippen molar-refractivity contribution in [3.05, 3.63) is 45.0 Å². The molecule has 0 unspecified atom stereocenters. The molecule has 5 heteroatoms. The summed E-state index contributed by atoms with van der Waals surface area (Å²) < 4.78 is 10.2. The van der Waals surface area contributed by atoms with Crippen LogP contribution in [0.5, 0.6) is 0 Å². The number of carbonyl (C=O) groups excluding carboxylic acids is 1. The van der Waals surface area contributed by atoms with Gasteiger partial charge < -0.3 is 14.5 Å². The van der Waals surface area contributed by atoms with Gasteiger partial charge in [0.1, 0.15) is 17.1 Å². The fourth-order valence-electron chi connectivity index (χ4n) is 1.96. The van der Waals surface area contributed by atoms with Crippen molar-refractivity contribution < 1.29 is 13.9 Å². The standard InChI is InChI=1S/C15H19NO3S/c1-4-12-5-6-13(20-12)9-16-8-11-7-14(10(2)19-11)15(17)18-3/h5-7,16H,4,8-9H2,1-3H3. The van der Waals surface area contributed by atoms with Crippen molar-refractivity contribution in [1.82, 2.24) is 5.32 Å². The summed E-state index contributed by atoms with van der Waals surface area (Å²) in [5.74, 6) is 0.983. The van der Waals surface area contributed by atoms with Crippen LogP contribution in [0.1, 0.15) is 38.6 Å². The van der Waals surface area contributed by atoms with Crippen LogP contribution in [-0.4, -0.2) is 13.1 Å². The molecule has 0 aromatic carbocycles. The van der Waals surface area contributed by atoms with Crippen molar-refractivity contribution in [3.8, 4) is 0 Å². The van der Waals surface area contributed by atoms with E-state index in [1.165, 1.54) is 16.9 Å². The number of furan rings is 1. The van der Waals surface area contributed by atoms with Crippen LogP contribution in [0.25, 0.3) is 0 Å². The second-order valence-electron chi connectivity index (χ2n) is 4.50. The number of hydrogen-bond acceptors (Lipinski definition) is 5. The van der Waals surface area contributed by atoms with Crippen molar-refractivity contribution in [2.75, 3.05) is 7.11 Å². The first-order chi connectivity index (χ1) is 9.63. The quantitative estimate of drug-likeness (QED) is 0.830. The van der Waals surface area contributed by atoms with Crippen LogP contribution in [0.3, 0.4) is 0 Å². The van der Waals surface area contributed by atoms with Crippen LogP contribution in [0.15, 0.2) is 22.6 Å². The van der Waals surface area contributed by atoms with E-state index in [2.05, 4.69) is 24.4 Å². The van der Waals surface area contributed by atoms with E-state index in [4.69, 9.17) is 9.15 Å². The number of rotatable bonds is 6. The Bertz CT molecular complexity index is 586. The van der Waals surface area contributed by atoms with Gasteiger partial charge in [-0.25, -0.2) is 4.79 Å². The number of nitrogens with one attached hydrogen (secondary N) is 1. The summed E-state index contributed by atoms with van der Waals surface area (Å²) >= 11 is 1.82. The first kappa shape index (κ1) is 14.8. The molecule has 0 atom stereocenters. The maximum Gasteiger partial charge on any atom is 0.341 e. The Morgan fingerprint density at radius 1 is 1.35 bits per heavy atom. The summed E-state index contributed by atoms with van der Waals surface area (Å²) in [6.07, 6.45) is 1.07. The van der Waals surface area contributed by atoms with Crippen molar-refractivity contribution in [3.63, 3.8) is 0 Å². The minimum Gasteiger partial charge on any atom is -0.465 e. The van der Waals surface area contributed by atoms with Crippen molar-refractivity contribution >= 4 is 17.3 Å². The average molecular weight is 293 g/mol. The summed E-state index contributed by atoms with van der Waals surface area (Å²) in [6.45, 7) is 5.32. The zero-order chi connectivity index (χ0) is 14.5. The van der Waals surface area contributed by atoms with Crippen LogP contribution in [-0.2, 0) is 24.2 Å². The number of ether oxygens (including phenoxy) is 1. The van der Waals surface area contributed by atoms with Gasteiger partial charge in [-0.15, -0.1) is 11.3 Å². The Labute approximate surface area is 122 Å². The zero-order valence-corrected chi connectivity index (χ0v) is 12.8. The summed E-state index contributed by atoms with van der Waals surface area (Å²) in [5, 5.41) is 3.32. The molecule has 2 aromatic heterocycles. The molecule has 0 radical (unpaired) electrons. The van der Waals surface area contributed by atoms with Gasteiger partial charge in [-0.3, -0.25) is 0 Å². The Balaban J connectivity index is 1.89. The van der Waals surface area contributed by atoms with Gasteiger partial charge in [0, 0.05) is 16.3 Å². The lowest BCUT2D eigenvalue weighted by Crippen LogP contribution is -2.11. The molecule has 2 aromatic rings. The third kappa shape index (κ3) is 3.49. The van der Waals surface area contributed by atoms with E-state index in [0.717, 1.165) is 18.7 Å². The minimum absolute atomic E-state index is 0.358. The fourth-order valence-corrected chi connectivity index (χ4v) is 2.89. The molecule has 4 nitrogen and oxygen atoms in total. The van der Waals surface area contributed by atoms with Gasteiger partial charge in [0.05, 0.1) is 13.7 Å². The van der Waals surface area contributed by atoms with Gasteiger partial charge in [-0.2, -0.15) is 0 Å². The molecule has 0 fully saturated rings. The predicted octanol–water partition coefficient (Wildman–Crippen LogP) is 3.29. The molecule has 0 amide bonds. The molecule has 0 aliphatic heterocycles. The topological polar surface area (TPSA) is 51.5 Å². The van der Waals surface area contributed by atoms with Gasteiger partial charge >= 0.3 is 5.97 Å². The van der Waals surface area contributed by atoms with Crippen LogP contribution >= 0.6 is 11.3 Å². The van der Waals surface area contributed by atoms with E-state index in [1.54, 1.807) is 13.0 Å². The third-order valence-electron chi connectivity index (χ3n) is 3.04. The van der Waals surface area contributed by atoms with E-state index in [0.29, 0.717) is 17.9 Å². The second kappa shape index (κ2) is 6.72. The molecule has 0 spiro atoms. The lowest BCUT2D eigenvalue weighted by atomic mass is 10.2. The smallest absolute Gasteiger partial charge is 0.341 e. The van der Waals surface area contributed by atoms with Crippen LogP contribution < -0.4 is 5.32 Å². The van der Waals surface area contributed by atoms with Crippen molar-refractivity contribution in [1.29, 1.82) is 0 Å². The summed E-state index contributed by atoms with van der Waals surface area (Å²) in [7, 11) is 1.37. The summed E-state index contributed by atoms with van der Waals surface area (Å²) in [4.78, 5) is 14.2. The van der Waals surface area contributed by atoms with E-state index in [9.17, 15) is 4.79 Å². The first-order valence-electron chi connectivity index (χ1n) is 6.60. The molecular formula is C15H19NO3S. The molecule has 2 heterocycles. The molecular weight excluding hydrogens is 274 g/mol. The largest absolute Gasteiger partial charge is 0.465 e. The number of esters is 1. The van der Waals surface area contributed by atoms with Gasteiger partial charge in [-0.05, 0) is 31.5 Å². The summed E-state index contributed by atoms with van der Waals surface area (Å²) in [6, 6.07) is 6.04. The molecule has 0 saturated heterocycles. The highest BCUT2D eigenvalue weighted by Gasteiger charge is 2.14. The number of thiophene rings is 1. The second-order valence-corrected chi connectivity index (χ2v) is 5.75. The Kier molecular flexibility index (Phi) is 4.98. The molecule has 0 saturated carbocycles. The average Bonchev–Trinajstić information content (AvgIpc) is 3.05. The lowest BCUT2D eigenvalue weighted by Gasteiger charge is -1.99. The summed E-state index contributed by atoms with van der Waals surface area (Å²) in [5.41, 5.74) is 0.494. The maximum atomic E-state index is 11.5. The molecule has 1 N–H and O–H groups in total. The SMILES string of the molecule is CCc1ccc(CNCc2cc(C(=O)OC)c(C)o2)s1. The number of methoxy groups -OCH3 is 1. The molecule has 20 heavy (non-hydrogen) atoms. The van der Waals surface area contributed by atoms with Crippen LogP contribution in [0.2, 0.25) is 0 Å². The van der Waals surface area contributed by atoms with E-state index < -0.39 is 0 Å². The van der Waals surface area contributed by atoms with Gasteiger partial charge in [0.25, 0.3) is 0 Å². The maximum absolute atomic E-state index is 11.5. The highest BCUT2D eigenvalue weighted by Crippen LogP contribution is 2.18. The van der Waals surface area contributed by atoms with Crippen LogP contribution in [0.4, 0.5) is 0 Å². The minimum atomic E-state index is -0.358. The van der Waals surface area contributed by atoms with Crippen molar-refractivity contribution in [2.45, 2.75) is 33.4 Å². The fraction of sp³-hybridized carbons (Fsp3) is 0.400. The molecule has 2 rings (SSSR count). The van der Waals surface area contributed by atoms with Gasteiger partial charge in [0.15, 0.2) is 0 Å². The zero-order valence-electron chi connectivity index (χ0n) is 12.0. The molecule has 108 valence electrons.